The number of alkyl halides is 3. The predicted molar refractivity (Wildman–Crippen MR) is 53.6 cm³/mol. The van der Waals surface area contributed by atoms with E-state index in [9.17, 15) is 26.4 Å². The van der Waals surface area contributed by atoms with Crippen LogP contribution >= 0.6 is 0 Å². The van der Waals surface area contributed by atoms with Crippen molar-refractivity contribution in [3.05, 3.63) is 18.0 Å². The van der Waals surface area contributed by atoms with Crippen molar-refractivity contribution in [1.29, 1.82) is 0 Å². The summed E-state index contributed by atoms with van der Waals surface area (Å²) < 4.78 is 61.0. The summed E-state index contributed by atoms with van der Waals surface area (Å²) in [6, 6.07) is -1.54. The number of halogens is 3. The molecule has 1 atom stereocenters. The molecule has 1 rings (SSSR count). The zero-order valence-corrected chi connectivity index (χ0v) is 9.76. The number of hydrogen-bond donors (Lipinski definition) is 3. The molecule has 18 heavy (non-hydrogen) atoms. The average molecular weight is 286 g/mol. The Hall–Kier alpha value is -1.55. The number of sulfonamides is 1. The van der Waals surface area contributed by atoms with Crippen LogP contribution in [0.25, 0.3) is 0 Å². The summed E-state index contributed by atoms with van der Waals surface area (Å²) in [6.45, 7) is 0.641. The lowest BCUT2D eigenvalue weighted by molar-refractivity contribution is -0.147. The highest BCUT2D eigenvalue weighted by Gasteiger charge is 2.39. The van der Waals surface area contributed by atoms with Crippen molar-refractivity contribution >= 4 is 16.0 Å². The maximum atomic E-state index is 12.2. The van der Waals surface area contributed by atoms with Crippen LogP contribution in [0.15, 0.2) is 17.2 Å². The van der Waals surface area contributed by atoms with Gasteiger partial charge in [0.25, 0.3) is 0 Å². The van der Waals surface area contributed by atoms with E-state index in [2.05, 4.69) is 4.98 Å². The Morgan fingerprint density at radius 2 is 2.06 bits per heavy atom. The molecule has 0 aliphatic rings. The van der Waals surface area contributed by atoms with Crippen LogP contribution in [0.3, 0.4) is 0 Å². The second kappa shape index (κ2) is 4.61. The molecule has 0 saturated heterocycles. The van der Waals surface area contributed by atoms with Gasteiger partial charge in [-0.2, -0.15) is 17.9 Å². The Balaban J connectivity index is 2.96. The summed E-state index contributed by atoms with van der Waals surface area (Å²) in [5.74, 6) is -1.42. The lowest BCUT2D eigenvalue weighted by atomic mass is 10.4. The van der Waals surface area contributed by atoms with Gasteiger partial charge in [-0.05, 0) is 13.0 Å². The van der Waals surface area contributed by atoms with E-state index >= 15 is 0 Å². The van der Waals surface area contributed by atoms with Crippen LogP contribution in [-0.4, -0.2) is 36.7 Å². The quantitative estimate of drug-likeness (QED) is 0.767. The standard InChI is InChI=1S/C8H9F3N2O4S/c1-4(8(9,10)11)13-18(16,17)5-2-6(7(14)15)12-3-5/h2-4,12-13H,1H3,(H,14,15). The second-order valence-corrected chi connectivity index (χ2v) is 5.15. The average Bonchev–Trinajstić information content (AvgIpc) is 2.64. The van der Waals surface area contributed by atoms with Gasteiger partial charge in [0.1, 0.15) is 16.6 Å². The molecule has 0 radical (unpaired) electrons. The fourth-order valence-electron chi connectivity index (χ4n) is 1.02. The Morgan fingerprint density at radius 3 is 2.44 bits per heavy atom. The number of aromatic amines is 1. The van der Waals surface area contributed by atoms with Crippen LogP contribution in [0.2, 0.25) is 0 Å². The smallest absolute Gasteiger partial charge is 0.404 e. The molecule has 0 spiro atoms. The summed E-state index contributed by atoms with van der Waals surface area (Å²) >= 11 is 0. The van der Waals surface area contributed by atoms with Crippen molar-refractivity contribution in [3.63, 3.8) is 0 Å². The summed E-state index contributed by atoms with van der Waals surface area (Å²) in [4.78, 5) is 12.0. The Morgan fingerprint density at radius 1 is 1.50 bits per heavy atom. The van der Waals surface area contributed by atoms with Crippen LogP contribution < -0.4 is 4.72 Å². The van der Waals surface area contributed by atoms with Crippen LogP contribution in [0.5, 0.6) is 0 Å². The molecule has 10 heteroatoms. The fourth-order valence-corrected chi connectivity index (χ4v) is 2.24. The molecule has 0 amide bonds. The van der Waals surface area contributed by atoms with Crippen LogP contribution in [0.4, 0.5) is 13.2 Å². The minimum atomic E-state index is -4.72. The number of aromatic carboxylic acids is 1. The van der Waals surface area contributed by atoms with E-state index in [1.165, 1.54) is 4.72 Å². The summed E-state index contributed by atoms with van der Waals surface area (Å²) in [5.41, 5.74) is -0.435. The van der Waals surface area contributed by atoms with E-state index in [-0.39, 0.29) is 0 Å². The van der Waals surface area contributed by atoms with Gasteiger partial charge in [0.2, 0.25) is 10.0 Å². The monoisotopic (exact) mass is 286 g/mol. The zero-order valence-electron chi connectivity index (χ0n) is 8.95. The van der Waals surface area contributed by atoms with Crippen molar-refractivity contribution < 1.29 is 31.5 Å². The molecule has 0 fully saturated rings. The first-order valence-corrected chi connectivity index (χ1v) is 6.03. The first kappa shape index (κ1) is 14.5. The van der Waals surface area contributed by atoms with Crippen LogP contribution in [-0.2, 0) is 10.0 Å². The molecular weight excluding hydrogens is 277 g/mol. The van der Waals surface area contributed by atoms with Gasteiger partial charge in [0.05, 0.1) is 0 Å². The Bertz CT molecular complexity index is 549. The normalized spacial score (nSPS) is 14.4. The summed E-state index contributed by atoms with van der Waals surface area (Å²) in [7, 11) is -4.42. The zero-order chi connectivity index (χ0) is 14.1. The highest BCUT2D eigenvalue weighted by Crippen LogP contribution is 2.21. The number of aromatic nitrogens is 1. The maximum Gasteiger partial charge on any atom is 0.404 e. The molecule has 1 heterocycles. The summed E-state index contributed by atoms with van der Waals surface area (Å²) in [6.07, 6.45) is -3.92. The number of carboxylic acids is 1. The van der Waals surface area contributed by atoms with Crippen LogP contribution in [0.1, 0.15) is 17.4 Å². The van der Waals surface area contributed by atoms with Gasteiger partial charge in [-0.3, -0.25) is 0 Å². The molecule has 3 N–H and O–H groups in total. The second-order valence-electron chi connectivity index (χ2n) is 3.44. The van der Waals surface area contributed by atoms with Crippen LogP contribution in [0, 0.1) is 0 Å². The summed E-state index contributed by atoms with van der Waals surface area (Å²) in [5, 5.41) is 8.55. The van der Waals surface area contributed by atoms with E-state index in [4.69, 9.17) is 5.11 Å². The largest absolute Gasteiger partial charge is 0.477 e. The number of hydrogen-bond acceptors (Lipinski definition) is 3. The van der Waals surface area contributed by atoms with Crippen molar-refractivity contribution in [2.75, 3.05) is 0 Å². The van der Waals surface area contributed by atoms with Crippen molar-refractivity contribution in [2.45, 2.75) is 24.0 Å². The van der Waals surface area contributed by atoms with E-state index in [1.54, 1.807) is 0 Å². The maximum absolute atomic E-state index is 12.2. The lowest BCUT2D eigenvalue weighted by Gasteiger charge is -2.16. The molecule has 1 aromatic heterocycles. The third-order valence-corrected chi connectivity index (χ3v) is 3.54. The number of carbonyl (C=O) groups is 1. The highest BCUT2D eigenvalue weighted by atomic mass is 32.2. The third kappa shape index (κ3) is 3.23. The van der Waals surface area contributed by atoms with E-state index in [1.807, 2.05) is 0 Å². The Labute approximate surface area is 99.9 Å². The molecule has 0 aliphatic heterocycles. The third-order valence-electron chi connectivity index (χ3n) is 2.02. The molecule has 0 saturated carbocycles. The van der Waals surface area contributed by atoms with Gasteiger partial charge in [-0.25, -0.2) is 13.2 Å². The first-order valence-electron chi connectivity index (χ1n) is 4.55. The lowest BCUT2D eigenvalue weighted by Crippen LogP contribution is -2.42. The van der Waals surface area contributed by atoms with E-state index < -0.39 is 38.8 Å². The fraction of sp³-hybridized carbons (Fsp3) is 0.375. The van der Waals surface area contributed by atoms with Gasteiger partial charge >= 0.3 is 12.1 Å². The van der Waals surface area contributed by atoms with Crippen molar-refractivity contribution in [2.24, 2.45) is 0 Å². The minimum Gasteiger partial charge on any atom is -0.477 e. The van der Waals surface area contributed by atoms with Crippen molar-refractivity contribution in [1.82, 2.24) is 9.71 Å². The van der Waals surface area contributed by atoms with Gasteiger partial charge in [0.15, 0.2) is 0 Å². The number of rotatable bonds is 4. The first-order chi connectivity index (χ1) is 8.04. The molecule has 1 unspecified atom stereocenters. The Kier molecular flexibility index (Phi) is 3.72. The molecule has 1 aromatic rings. The number of H-pyrrole nitrogens is 1. The molecule has 0 aromatic carbocycles. The van der Waals surface area contributed by atoms with E-state index in [0.29, 0.717) is 6.92 Å². The molecule has 0 bridgehead atoms. The molecule has 0 aliphatic carbocycles. The topological polar surface area (TPSA) is 99.3 Å². The highest BCUT2D eigenvalue weighted by molar-refractivity contribution is 7.89. The number of nitrogens with one attached hydrogen (secondary N) is 2. The van der Waals surface area contributed by atoms with Gasteiger partial charge in [-0.1, -0.05) is 0 Å². The van der Waals surface area contributed by atoms with Gasteiger partial charge in [0, 0.05) is 6.20 Å². The van der Waals surface area contributed by atoms with Gasteiger partial charge < -0.3 is 10.1 Å². The molecule has 6 nitrogen and oxygen atoms in total. The minimum absolute atomic E-state index is 0.435. The van der Waals surface area contributed by atoms with Gasteiger partial charge in [-0.15, -0.1) is 0 Å². The SMILES string of the molecule is CC(NS(=O)(=O)c1c[nH]c(C(=O)O)c1)C(F)(F)F. The van der Waals surface area contributed by atoms with E-state index in [0.717, 1.165) is 12.3 Å². The predicted octanol–water partition coefficient (Wildman–Crippen LogP) is 0.942. The van der Waals surface area contributed by atoms with Crippen molar-refractivity contribution in [3.8, 4) is 0 Å². The number of carboxylic acid groups (broad SMARTS) is 1. The molecular formula is C8H9F3N2O4S. The molecule has 102 valence electrons.